The maximum Gasteiger partial charge on any atom is 0.290 e. The van der Waals surface area contributed by atoms with Gasteiger partial charge in [0.1, 0.15) is 6.04 Å². The molecule has 0 aromatic heterocycles. The van der Waals surface area contributed by atoms with Crippen LogP contribution < -0.4 is 11.1 Å². The maximum atomic E-state index is 12.2. The molecule has 2 amide bonds. The smallest absolute Gasteiger partial charge is 0.290 e. The molecule has 2 rings (SSSR count). The van der Waals surface area contributed by atoms with E-state index in [9.17, 15) is 9.59 Å². The van der Waals surface area contributed by atoms with Crippen LogP contribution in [0.15, 0.2) is 30.3 Å². The summed E-state index contributed by atoms with van der Waals surface area (Å²) >= 11 is 0. The first-order valence-corrected chi connectivity index (χ1v) is 7.41. The van der Waals surface area contributed by atoms with E-state index in [0.717, 1.165) is 24.9 Å². The molecule has 0 aliphatic carbocycles. The van der Waals surface area contributed by atoms with Gasteiger partial charge in [-0.25, -0.2) is 0 Å². The molecule has 7 heteroatoms. The summed E-state index contributed by atoms with van der Waals surface area (Å²) in [6.45, 7) is 0.665. The number of amides is 2. The van der Waals surface area contributed by atoms with Gasteiger partial charge in [0.2, 0.25) is 11.8 Å². The predicted octanol–water partition coefficient (Wildman–Crippen LogP) is -0.00580. The number of likely N-dealkylation sites (tertiary alicyclic amines) is 1. The molecular weight excluding hydrogens is 298 g/mol. The minimum atomic E-state index is -0.654. The van der Waals surface area contributed by atoms with E-state index in [0.29, 0.717) is 6.42 Å². The first-order valence-electron chi connectivity index (χ1n) is 7.41. The summed E-state index contributed by atoms with van der Waals surface area (Å²) in [5, 5.41) is 9.67. The molecule has 1 aromatic carbocycles. The van der Waals surface area contributed by atoms with Crippen molar-refractivity contribution in [1.82, 2.24) is 10.2 Å². The monoisotopic (exact) mass is 321 g/mol. The van der Waals surface area contributed by atoms with Gasteiger partial charge in [-0.1, -0.05) is 30.3 Å². The third kappa shape index (κ3) is 6.07. The summed E-state index contributed by atoms with van der Waals surface area (Å²) in [5.74, 6) is -0.604. The minimum absolute atomic E-state index is 0.107. The molecule has 126 valence electrons. The van der Waals surface area contributed by atoms with Crippen molar-refractivity contribution in [2.24, 2.45) is 5.73 Å². The summed E-state index contributed by atoms with van der Waals surface area (Å²) in [5.41, 5.74) is 6.38. The maximum absolute atomic E-state index is 12.2. The molecule has 0 unspecified atom stereocenters. The fourth-order valence-electron chi connectivity index (χ4n) is 2.58. The molecule has 2 atom stereocenters. The number of rotatable bonds is 5. The van der Waals surface area contributed by atoms with E-state index >= 15 is 0 Å². The second-order valence-electron chi connectivity index (χ2n) is 5.40. The Morgan fingerprint density at radius 1 is 1.43 bits per heavy atom. The lowest BCUT2D eigenvalue weighted by molar-refractivity contribution is -0.129. The average molecular weight is 321 g/mol. The van der Waals surface area contributed by atoms with Gasteiger partial charge in [-0.2, -0.15) is 0 Å². The molecule has 4 N–H and O–H groups in total. The quantitative estimate of drug-likeness (QED) is 0.661. The van der Waals surface area contributed by atoms with Gasteiger partial charge in [-0.3, -0.25) is 19.3 Å². The molecule has 0 radical (unpaired) electrons. The highest BCUT2D eigenvalue weighted by molar-refractivity contribution is 5.89. The Hall–Kier alpha value is -2.41. The van der Waals surface area contributed by atoms with Crippen LogP contribution >= 0.6 is 0 Å². The molecule has 0 saturated carbocycles. The second kappa shape index (κ2) is 9.58. The summed E-state index contributed by atoms with van der Waals surface area (Å²) in [6, 6.07) is 8.76. The van der Waals surface area contributed by atoms with Crippen LogP contribution in [0, 0.1) is 0 Å². The van der Waals surface area contributed by atoms with Crippen molar-refractivity contribution in [3.63, 3.8) is 0 Å². The first kappa shape index (κ1) is 18.6. The van der Waals surface area contributed by atoms with Gasteiger partial charge < -0.3 is 16.2 Å². The Balaban J connectivity index is 0.000000816. The normalized spacial score (nSPS) is 18.4. The first-order chi connectivity index (χ1) is 11.0. The van der Waals surface area contributed by atoms with Crippen LogP contribution in [0.25, 0.3) is 0 Å². The Morgan fingerprint density at radius 3 is 2.52 bits per heavy atom. The zero-order valence-electron chi connectivity index (χ0n) is 13.1. The fourth-order valence-corrected chi connectivity index (χ4v) is 2.58. The number of primary amides is 1. The number of carboxylic acid groups (broad SMARTS) is 1. The molecule has 0 spiro atoms. The van der Waals surface area contributed by atoms with Crippen molar-refractivity contribution >= 4 is 18.3 Å². The Morgan fingerprint density at radius 2 is 2.04 bits per heavy atom. The SMILES string of the molecule is CN1CCC[C@H]1C(=O)N[C@@H](Cc1ccccc1)C(N)=O.O=CO. The van der Waals surface area contributed by atoms with Crippen LogP contribution in [0.3, 0.4) is 0 Å². The topological polar surface area (TPSA) is 113 Å². The zero-order valence-corrected chi connectivity index (χ0v) is 13.1. The van der Waals surface area contributed by atoms with E-state index in [1.165, 1.54) is 0 Å². The lowest BCUT2D eigenvalue weighted by Crippen LogP contribution is -2.51. The summed E-state index contributed by atoms with van der Waals surface area (Å²) in [4.78, 5) is 34.1. The third-order valence-electron chi connectivity index (χ3n) is 3.77. The number of nitrogens with two attached hydrogens (primary N) is 1. The number of hydrogen-bond acceptors (Lipinski definition) is 4. The van der Waals surface area contributed by atoms with Crippen LogP contribution in [0.4, 0.5) is 0 Å². The summed E-state index contributed by atoms with van der Waals surface area (Å²) in [7, 11) is 1.92. The number of nitrogens with zero attached hydrogens (tertiary/aromatic N) is 1. The molecule has 1 aromatic rings. The van der Waals surface area contributed by atoms with E-state index in [-0.39, 0.29) is 18.4 Å². The molecule has 1 heterocycles. The number of benzene rings is 1. The molecule has 1 saturated heterocycles. The van der Waals surface area contributed by atoms with Gasteiger partial charge >= 0.3 is 0 Å². The molecule has 1 fully saturated rings. The van der Waals surface area contributed by atoms with Crippen molar-refractivity contribution in [1.29, 1.82) is 0 Å². The van der Waals surface area contributed by atoms with Crippen LogP contribution in [-0.4, -0.2) is 54.0 Å². The summed E-state index contributed by atoms with van der Waals surface area (Å²) in [6.07, 6.45) is 2.27. The van der Waals surface area contributed by atoms with Gasteiger partial charge in [-0.05, 0) is 32.0 Å². The van der Waals surface area contributed by atoms with Crippen molar-refractivity contribution in [2.75, 3.05) is 13.6 Å². The molecular formula is C16H23N3O4. The van der Waals surface area contributed by atoms with Crippen molar-refractivity contribution in [3.8, 4) is 0 Å². The van der Waals surface area contributed by atoms with Crippen molar-refractivity contribution in [2.45, 2.75) is 31.3 Å². The molecule has 1 aliphatic rings. The number of hydrogen-bond donors (Lipinski definition) is 3. The van der Waals surface area contributed by atoms with E-state index < -0.39 is 11.9 Å². The van der Waals surface area contributed by atoms with Gasteiger partial charge in [0, 0.05) is 6.42 Å². The lowest BCUT2D eigenvalue weighted by Gasteiger charge is -2.22. The van der Waals surface area contributed by atoms with Crippen molar-refractivity contribution in [3.05, 3.63) is 35.9 Å². The minimum Gasteiger partial charge on any atom is -0.483 e. The highest BCUT2D eigenvalue weighted by atomic mass is 16.3. The average Bonchev–Trinajstić information content (AvgIpc) is 2.94. The van der Waals surface area contributed by atoms with E-state index in [1.807, 2.05) is 42.3 Å². The number of likely N-dealkylation sites (N-methyl/N-ethyl adjacent to an activating group) is 1. The molecule has 1 aliphatic heterocycles. The van der Waals surface area contributed by atoms with Gasteiger partial charge in [0.05, 0.1) is 6.04 Å². The lowest BCUT2D eigenvalue weighted by atomic mass is 10.0. The van der Waals surface area contributed by atoms with Crippen LogP contribution in [0.5, 0.6) is 0 Å². The van der Waals surface area contributed by atoms with E-state index in [4.69, 9.17) is 15.6 Å². The number of carbonyl (C=O) groups is 3. The van der Waals surface area contributed by atoms with E-state index in [2.05, 4.69) is 5.32 Å². The highest BCUT2D eigenvalue weighted by Crippen LogP contribution is 2.15. The molecule has 7 nitrogen and oxygen atoms in total. The zero-order chi connectivity index (χ0) is 17.2. The van der Waals surface area contributed by atoms with Gasteiger partial charge in [0.25, 0.3) is 6.47 Å². The van der Waals surface area contributed by atoms with Crippen LogP contribution in [-0.2, 0) is 20.8 Å². The Labute approximate surface area is 135 Å². The predicted molar refractivity (Wildman–Crippen MR) is 85.6 cm³/mol. The molecule has 0 bridgehead atoms. The summed E-state index contributed by atoms with van der Waals surface area (Å²) < 4.78 is 0. The van der Waals surface area contributed by atoms with Crippen LogP contribution in [0.1, 0.15) is 18.4 Å². The second-order valence-corrected chi connectivity index (χ2v) is 5.40. The Bertz CT molecular complexity index is 521. The Kier molecular flexibility index (Phi) is 7.76. The van der Waals surface area contributed by atoms with Gasteiger partial charge in [0.15, 0.2) is 0 Å². The standard InChI is InChI=1S/C15H21N3O2.CH2O2/c1-18-9-5-8-13(18)15(20)17-12(14(16)19)10-11-6-3-2-4-7-11;2-1-3/h2-4,6-7,12-13H,5,8-10H2,1H3,(H2,16,19)(H,17,20);1H,(H,2,3)/t12-,13-;/m0./s1. The number of carbonyl (C=O) groups excluding carboxylic acids is 2. The fraction of sp³-hybridized carbons (Fsp3) is 0.438. The highest BCUT2D eigenvalue weighted by Gasteiger charge is 2.30. The van der Waals surface area contributed by atoms with Gasteiger partial charge in [-0.15, -0.1) is 0 Å². The largest absolute Gasteiger partial charge is 0.483 e. The molecule has 23 heavy (non-hydrogen) atoms. The third-order valence-corrected chi connectivity index (χ3v) is 3.77. The number of nitrogens with one attached hydrogen (secondary N) is 1. The van der Waals surface area contributed by atoms with E-state index in [1.54, 1.807) is 0 Å². The van der Waals surface area contributed by atoms with Crippen molar-refractivity contribution < 1.29 is 19.5 Å². The van der Waals surface area contributed by atoms with Crippen LogP contribution in [0.2, 0.25) is 0 Å².